The second-order valence-corrected chi connectivity index (χ2v) is 7.00. The van der Waals surface area contributed by atoms with Crippen LogP contribution in [0.5, 0.6) is 0 Å². The number of amides is 1. The molecule has 4 rings (SSSR count). The summed E-state index contributed by atoms with van der Waals surface area (Å²) in [4.78, 5) is 34.4. The Kier molecular flexibility index (Phi) is 5.80. The number of benzene rings is 2. The number of nitrogens with one attached hydrogen (secondary N) is 2. The number of hydrogen-bond donors (Lipinski definition) is 2. The Morgan fingerprint density at radius 1 is 1.09 bits per heavy atom. The summed E-state index contributed by atoms with van der Waals surface area (Å²) < 4.78 is 10.3. The smallest absolute Gasteiger partial charge is 0.343 e. The van der Waals surface area contributed by atoms with Crippen LogP contribution < -0.4 is 10.6 Å². The third-order valence-electron chi connectivity index (χ3n) is 4.70. The molecule has 0 bridgehead atoms. The number of para-hydroxylation sites is 2. The maximum Gasteiger partial charge on any atom is 0.343 e. The van der Waals surface area contributed by atoms with Crippen molar-refractivity contribution in [3.63, 3.8) is 0 Å². The number of aryl methyl sites for hydroxylation is 1. The molecule has 0 unspecified atom stereocenters. The quantitative estimate of drug-likeness (QED) is 0.604. The van der Waals surface area contributed by atoms with Crippen LogP contribution in [0.15, 0.2) is 69.3 Å². The van der Waals surface area contributed by atoms with Gasteiger partial charge >= 0.3 is 5.97 Å². The van der Waals surface area contributed by atoms with E-state index in [0.717, 1.165) is 5.69 Å². The zero-order chi connectivity index (χ0) is 22.7. The SMILES string of the molecule is CCOC(=O)C1=C(C)Nc2ccccc2N=C1NC(=O)c1ccc(-c2nc(C)no2)cc1. The normalized spacial score (nSPS) is 12.9. The van der Waals surface area contributed by atoms with Gasteiger partial charge in [0.05, 0.1) is 18.0 Å². The van der Waals surface area contributed by atoms with E-state index in [0.29, 0.717) is 34.2 Å². The molecule has 0 radical (unpaired) electrons. The molecule has 0 saturated carbocycles. The Morgan fingerprint density at radius 2 is 1.84 bits per heavy atom. The van der Waals surface area contributed by atoms with Gasteiger partial charge in [0.25, 0.3) is 11.8 Å². The van der Waals surface area contributed by atoms with E-state index in [-0.39, 0.29) is 18.0 Å². The van der Waals surface area contributed by atoms with E-state index in [4.69, 9.17) is 9.26 Å². The summed E-state index contributed by atoms with van der Waals surface area (Å²) in [7, 11) is 0. The van der Waals surface area contributed by atoms with Crippen LogP contribution in [0.3, 0.4) is 0 Å². The third kappa shape index (κ3) is 4.27. The van der Waals surface area contributed by atoms with Crippen LogP contribution in [0, 0.1) is 6.92 Å². The molecule has 3 aromatic rings. The van der Waals surface area contributed by atoms with Gasteiger partial charge in [-0.05, 0) is 57.2 Å². The second kappa shape index (κ2) is 8.84. The number of hydrogen-bond acceptors (Lipinski definition) is 8. The third-order valence-corrected chi connectivity index (χ3v) is 4.70. The molecule has 0 fully saturated rings. The molecule has 0 aliphatic carbocycles. The first kappa shape index (κ1) is 21.0. The molecular weight excluding hydrogens is 410 g/mol. The van der Waals surface area contributed by atoms with Gasteiger partial charge in [0, 0.05) is 16.8 Å². The Bertz CT molecular complexity index is 1240. The lowest BCUT2D eigenvalue weighted by Crippen LogP contribution is -2.35. The summed E-state index contributed by atoms with van der Waals surface area (Å²) in [6.45, 7) is 5.37. The molecule has 1 aliphatic rings. The Balaban J connectivity index is 1.65. The number of carbonyl (C=O) groups is 2. The number of aliphatic imine (C=N–C) groups is 1. The fourth-order valence-corrected chi connectivity index (χ4v) is 3.20. The second-order valence-electron chi connectivity index (χ2n) is 7.00. The summed E-state index contributed by atoms with van der Waals surface area (Å²) in [6, 6.07) is 14.0. The first-order valence-corrected chi connectivity index (χ1v) is 10.0. The summed E-state index contributed by atoms with van der Waals surface area (Å²) in [5, 5.41) is 9.70. The van der Waals surface area contributed by atoms with Crippen molar-refractivity contribution >= 4 is 29.1 Å². The lowest BCUT2D eigenvalue weighted by atomic mass is 10.1. The molecule has 1 aromatic heterocycles. The van der Waals surface area contributed by atoms with Crippen molar-refractivity contribution in [2.45, 2.75) is 20.8 Å². The molecular formula is C23H21N5O4. The number of ether oxygens (including phenoxy) is 1. The number of fused-ring (bicyclic) bond motifs is 1. The van der Waals surface area contributed by atoms with Crippen LogP contribution in [0.4, 0.5) is 11.4 Å². The average Bonchev–Trinajstić information content (AvgIpc) is 3.15. The number of nitrogens with zero attached hydrogens (tertiary/aromatic N) is 3. The molecule has 2 N–H and O–H groups in total. The summed E-state index contributed by atoms with van der Waals surface area (Å²) in [5.74, 6) is 0.00151. The lowest BCUT2D eigenvalue weighted by molar-refractivity contribution is -0.137. The van der Waals surface area contributed by atoms with Crippen LogP contribution in [0.1, 0.15) is 30.0 Å². The number of esters is 1. The summed E-state index contributed by atoms with van der Waals surface area (Å²) in [6.07, 6.45) is 0. The standard InChI is InChI=1S/C23H21N5O4/c1-4-31-23(30)19-13(2)24-17-7-5-6-8-18(17)26-20(19)27-21(29)15-9-11-16(12-10-15)22-25-14(3)28-32-22/h5-12,24H,4H2,1-3H3,(H,26,27,29). The highest BCUT2D eigenvalue weighted by atomic mass is 16.5. The fraction of sp³-hybridized carbons (Fsp3) is 0.174. The highest BCUT2D eigenvalue weighted by molar-refractivity contribution is 6.25. The van der Waals surface area contributed by atoms with Crippen molar-refractivity contribution in [3.8, 4) is 11.5 Å². The topological polar surface area (TPSA) is 119 Å². The van der Waals surface area contributed by atoms with Gasteiger partial charge in [-0.1, -0.05) is 17.3 Å². The summed E-state index contributed by atoms with van der Waals surface area (Å²) >= 11 is 0. The summed E-state index contributed by atoms with van der Waals surface area (Å²) in [5.41, 5.74) is 3.05. The van der Waals surface area contributed by atoms with Crippen molar-refractivity contribution in [1.29, 1.82) is 0 Å². The van der Waals surface area contributed by atoms with Gasteiger partial charge in [-0.2, -0.15) is 4.98 Å². The largest absolute Gasteiger partial charge is 0.462 e. The van der Waals surface area contributed by atoms with E-state index in [1.165, 1.54) is 0 Å². The minimum atomic E-state index is -0.577. The molecule has 162 valence electrons. The number of carbonyl (C=O) groups excluding carboxylic acids is 2. The monoisotopic (exact) mass is 431 g/mol. The predicted molar refractivity (Wildman–Crippen MR) is 118 cm³/mol. The maximum atomic E-state index is 13.0. The number of allylic oxidation sites excluding steroid dienone is 1. The van der Waals surface area contributed by atoms with Crippen molar-refractivity contribution in [2.24, 2.45) is 4.99 Å². The van der Waals surface area contributed by atoms with E-state index in [1.807, 2.05) is 18.2 Å². The van der Waals surface area contributed by atoms with Gasteiger partial charge in [0.1, 0.15) is 11.4 Å². The first-order chi connectivity index (χ1) is 15.5. The molecule has 2 aromatic carbocycles. The molecule has 2 heterocycles. The molecule has 32 heavy (non-hydrogen) atoms. The van der Waals surface area contributed by atoms with Crippen molar-refractivity contribution in [1.82, 2.24) is 15.5 Å². The van der Waals surface area contributed by atoms with Gasteiger partial charge in [-0.3, -0.25) is 4.79 Å². The number of rotatable bonds is 4. The van der Waals surface area contributed by atoms with E-state index in [2.05, 4.69) is 25.8 Å². The van der Waals surface area contributed by atoms with E-state index >= 15 is 0 Å². The first-order valence-electron chi connectivity index (χ1n) is 10.0. The van der Waals surface area contributed by atoms with E-state index in [9.17, 15) is 9.59 Å². The Labute approximate surface area is 184 Å². The molecule has 0 saturated heterocycles. The lowest BCUT2D eigenvalue weighted by Gasteiger charge is -2.13. The zero-order valence-corrected chi connectivity index (χ0v) is 17.8. The Morgan fingerprint density at radius 3 is 2.53 bits per heavy atom. The van der Waals surface area contributed by atoms with Gasteiger partial charge in [0.15, 0.2) is 5.82 Å². The van der Waals surface area contributed by atoms with Crippen molar-refractivity contribution in [2.75, 3.05) is 11.9 Å². The van der Waals surface area contributed by atoms with Gasteiger partial charge in [-0.15, -0.1) is 0 Å². The molecule has 0 spiro atoms. The molecule has 0 atom stereocenters. The maximum absolute atomic E-state index is 13.0. The Hall–Kier alpha value is -4.27. The van der Waals surface area contributed by atoms with Crippen LogP contribution in [0.25, 0.3) is 11.5 Å². The van der Waals surface area contributed by atoms with E-state index in [1.54, 1.807) is 51.1 Å². The van der Waals surface area contributed by atoms with Crippen LogP contribution in [-0.4, -0.2) is 34.5 Å². The van der Waals surface area contributed by atoms with Crippen molar-refractivity contribution < 1.29 is 18.8 Å². The molecule has 9 heteroatoms. The van der Waals surface area contributed by atoms with Gasteiger partial charge in [0.2, 0.25) is 0 Å². The van der Waals surface area contributed by atoms with E-state index < -0.39 is 11.9 Å². The molecule has 1 amide bonds. The molecule has 1 aliphatic heterocycles. The fourth-order valence-electron chi connectivity index (χ4n) is 3.20. The van der Waals surface area contributed by atoms with Crippen LogP contribution >= 0.6 is 0 Å². The number of amidine groups is 1. The zero-order valence-electron chi connectivity index (χ0n) is 17.8. The average molecular weight is 431 g/mol. The minimum Gasteiger partial charge on any atom is -0.462 e. The van der Waals surface area contributed by atoms with Crippen molar-refractivity contribution in [3.05, 3.63) is 71.2 Å². The van der Waals surface area contributed by atoms with Crippen LogP contribution in [-0.2, 0) is 9.53 Å². The number of aromatic nitrogens is 2. The highest BCUT2D eigenvalue weighted by Crippen LogP contribution is 2.30. The van der Waals surface area contributed by atoms with Gasteiger partial charge in [-0.25, -0.2) is 9.79 Å². The molecule has 9 nitrogen and oxygen atoms in total. The van der Waals surface area contributed by atoms with Crippen LogP contribution in [0.2, 0.25) is 0 Å². The number of anilines is 1. The highest BCUT2D eigenvalue weighted by Gasteiger charge is 2.26. The predicted octanol–water partition coefficient (Wildman–Crippen LogP) is 3.77. The van der Waals surface area contributed by atoms with Gasteiger partial charge < -0.3 is 19.9 Å². The minimum absolute atomic E-state index is 0.111.